The Morgan fingerprint density at radius 3 is 2.70 bits per heavy atom. The van der Waals surface area contributed by atoms with Crippen LogP contribution in [0.4, 0.5) is 10.5 Å². The molecule has 0 radical (unpaired) electrons. The van der Waals surface area contributed by atoms with Gasteiger partial charge in [-0.05, 0) is 17.7 Å². The molecule has 0 amide bonds. The van der Waals surface area contributed by atoms with E-state index in [1.165, 1.54) is 12.3 Å². The van der Waals surface area contributed by atoms with Crippen LogP contribution in [-0.4, -0.2) is 21.8 Å². The van der Waals surface area contributed by atoms with Crippen molar-refractivity contribution in [2.45, 2.75) is 6.61 Å². The molecule has 0 unspecified atom stereocenters. The fourth-order valence-corrected chi connectivity index (χ4v) is 2.32. The van der Waals surface area contributed by atoms with Crippen molar-refractivity contribution < 1.29 is 19.4 Å². The zero-order valence-electron chi connectivity index (χ0n) is 12.0. The highest BCUT2D eigenvalue weighted by Crippen LogP contribution is 2.31. The smallest absolute Gasteiger partial charge is 0.416 e. The maximum Gasteiger partial charge on any atom is 0.416 e. The van der Waals surface area contributed by atoms with Gasteiger partial charge in [0.05, 0.1) is 5.52 Å². The predicted octanol–water partition coefficient (Wildman–Crippen LogP) is 3.71. The van der Waals surface area contributed by atoms with E-state index in [9.17, 15) is 14.7 Å². The Hall–Kier alpha value is -3.37. The lowest BCUT2D eigenvalue weighted by atomic mass is 10.2. The number of carboxylic acid groups (broad SMARTS) is 1. The highest BCUT2D eigenvalue weighted by Gasteiger charge is 2.13. The fraction of sp³-hybridized carbons (Fsp3) is 0.0588. The molecule has 23 heavy (non-hydrogen) atoms. The van der Waals surface area contributed by atoms with Crippen molar-refractivity contribution in [3.05, 3.63) is 60.3 Å². The van der Waals surface area contributed by atoms with Gasteiger partial charge in [0.15, 0.2) is 0 Å². The van der Waals surface area contributed by atoms with Crippen molar-refractivity contribution >= 4 is 28.8 Å². The van der Waals surface area contributed by atoms with Gasteiger partial charge in [-0.1, -0.05) is 30.3 Å². The number of carbonyl (C=O) groups excluding carboxylic acids is 1. The Morgan fingerprint density at radius 2 is 2.00 bits per heavy atom. The van der Waals surface area contributed by atoms with Crippen LogP contribution in [0.15, 0.2) is 59.7 Å². The minimum Gasteiger partial charge on any atom is -0.489 e. The van der Waals surface area contributed by atoms with Gasteiger partial charge in [0.1, 0.15) is 18.0 Å². The summed E-state index contributed by atoms with van der Waals surface area (Å²) >= 11 is 0. The zero-order valence-corrected chi connectivity index (χ0v) is 12.0. The molecular formula is C17H12N2O4. The average Bonchev–Trinajstić information content (AvgIpc) is 2.93. The quantitative estimate of drug-likeness (QED) is 0.588. The maximum absolute atomic E-state index is 11.3. The third-order valence-electron chi connectivity index (χ3n) is 3.38. The maximum atomic E-state index is 11.3. The molecule has 0 aliphatic carbocycles. The average molecular weight is 308 g/mol. The SMILES string of the molecule is O=C=Nc1cn(C(=O)O)c2cc(OCc3ccccc3)ccc12. The van der Waals surface area contributed by atoms with Gasteiger partial charge in [0, 0.05) is 17.6 Å². The van der Waals surface area contributed by atoms with Gasteiger partial charge in [-0.15, -0.1) is 0 Å². The van der Waals surface area contributed by atoms with Crippen LogP contribution in [-0.2, 0) is 11.4 Å². The summed E-state index contributed by atoms with van der Waals surface area (Å²) < 4.78 is 6.69. The number of aliphatic imine (C=N–C) groups is 1. The molecule has 0 saturated heterocycles. The van der Waals surface area contributed by atoms with E-state index in [2.05, 4.69) is 4.99 Å². The molecule has 1 N–H and O–H groups in total. The highest BCUT2D eigenvalue weighted by atomic mass is 16.5. The van der Waals surface area contributed by atoms with E-state index in [0.717, 1.165) is 10.1 Å². The number of rotatable bonds is 4. The second-order valence-electron chi connectivity index (χ2n) is 4.82. The van der Waals surface area contributed by atoms with E-state index in [-0.39, 0.29) is 5.69 Å². The van der Waals surface area contributed by atoms with Crippen LogP contribution in [0.25, 0.3) is 10.9 Å². The van der Waals surface area contributed by atoms with Crippen molar-refractivity contribution in [3.63, 3.8) is 0 Å². The normalized spacial score (nSPS) is 10.3. The van der Waals surface area contributed by atoms with Crippen LogP contribution in [0.1, 0.15) is 5.56 Å². The minimum absolute atomic E-state index is 0.256. The lowest BCUT2D eigenvalue weighted by molar-refractivity contribution is 0.197. The number of benzene rings is 2. The van der Waals surface area contributed by atoms with Crippen molar-refractivity contribution in [2.75, 3.05) is 0 Å². The van der Waals surface area contributed by atoms with E-state index < -0.39 is 6.09 Å². The van der Waals surface area contributed by atoms with Crippen molar-refractivity contribution in [1.82, 2.24) is 4.57 Å². The summed E-state index contributed by atoms with van der Waals surface area (Å²) in [5.74, 6) is 0.531. The first-order valence-electron chi connectivity index (χ1n) is 6.82. The highest BCUT2D eigenvalue weighted by molar-refractivity contribution is 5.98. The molecule has 0 fully saturated rings. The number of fused-ring (bicyclic) bond motifs is 1. The number of hydrogen-bond donors (Lipinski definition) is 1. The number of nitrogens with zero attached hydrogens (tertiary/aromatic N) is 2. The summed E-state index contributed by atoms with van der Waals surface area (Å²) in [5.41, 5.74) is 1.66. The number of hydrogen-bond acceptors (Lipinski definition) is 4. The molecule has 6 nitrogen and oxygen atoms in total. The Kier molecular flexibility index (Phi) is 3.91. The second-order valence-corrected chi connectivity index (χ2v) is 4.82. The van der Waals surface area contributed by atoms with Gasteiger partial charge in [-0.2, -0.15) is 4.99 Å². The van der Waals surface area contributed by atoms with Gasteiger partial charge in [-0.25, -0.2) is 9.59 Å². The molecule has 2 aromatic carbocycles. The Bertz CT molecular complexity index is 909. The Labute approximate surface area is 131 Å². The van der Waals surface area contributed by atoms with Crippen LogP contribution < -0.4 is 4.74 Å². The second kappa shape index (κ2) is 6.17. The number of isocyanates is 1. The Balaban J connectivity index is 1.96. The molecule has 3 rings (SSSR count). The summed E-state index contributed by atoms with van der Waals surface area (Å²) in [6, 6.07) is 14.6. The van der Waals surface area contributed by atoms with E-state index in [4.69, 9.17) is 4.74 Å². The van der Waals surface area contributed by atoms with E-state index in [1.54, 1.807) is 18.2 Å². The molecule has 0 atom stereocenters. The lowest BCUT2D eigenvalue weighted by Gasteiger charge is -2.07. The summed E-state index contributed by atoms with van der Waals surface area (Å²) in [6.45, 7) is 0.374. The summed E-state index contributed by atoms with van der Waals surface area (Å²) in [6.07, 6.45) is 1.54. The zero-order chi connectivity index (χ0) is 16.2. The summed E-state index contributed by atoms with van der Waals surface area (Å²) in [7, 11) is 0. The molecule has 0 bridgehead atoms. The standard InChI is InChI=1S/C17H12N2O4/c20-11-18-15-9-19(17(21)22)16-8-13(6-7-14(15)16)23-10-12-4-2-1-3-5-12/h1-9H,10H2,(H,21,22). The third kappa shape index (κ3) is 2.97. The van der Waals surface area contributed by atoms with Crippen LogP contribution in [0.3, 0.4) is 0 Å². The van der Waals surface area contributed by atoms with Crippen molar-refractivity contribution in [3.8, 4) is 5.75 Å². The number of ether oxygens (including phenoxy) is 1. The molecule has 6 heteroatoms. The monoisotopic (exact) mass is 308 g/mol. The van der Waals surface area contributed by atoms with Crippen LogP contribution >= 0.6 is 0 Å². The number of carbonyl (C=O) groups is 1. The van der Waals surface area contributed by atoms with Gasteiger partial charge >= 0.3 is 6.09 Å². The van der Waals surface area contributed by atoms with Gasteiger partial charge in [-0.3, -0.25) is 4.57 Å². The van der Waals surface area contributed by atoms with Crippen LogP contribution in [0, 0.1) is 0 Å². The summed E-state index contributed by atoms with van der Waals surface area (Å²) in [5, 5.41) is 9.79. The Morgan fingerprint density at radius 1 is 1.22 bits per heavy atom. The molecule has 0 saturated carbocycles. The van der Waals surface area contributed by atoms with Crippen LogP contribution in [0.2, 0.25) is 0 Å². The van der Waals surface area contributed by atoms with Gasteiger partial charge in [0.2, 0.25) is 6.08 Å². The molecule has 1 aromatic heterocycles. The minimum atomic E-state index is -1.16. The van der Waals surface area contributed by atoms with Crippen molar-refractivity contribution in [1.29, 1.82) is 0 Å². The molecule has 1 heterocycles. The molecule has 0 spiro atoms. The van der Waals surface area contributed by atoms with E-state index in [0.29, 0.717) is 23.3 Å². The van der Waals surface area contributed by atoms with E-state index >= 15 is 0 Å². The molecule has 3 aromatic rings. The van der Waals surface area contributed by atoms with E-state index in [1.807, 2.05) is 30.3 Å². The first kappa shape index (κ1) is 14.6. The predicted molar refractivity (Wildman–Crippen MR) is 83.9 cm³/mol. The molecule has 114 valence electrons. The van der Waals surface area contributed by atoms with Gasteiger partial charge in [0.25, 0.3) is 0 Å². The third-order valence-corrected chi connectivity index (χ3v) is 3.38. The largest absolute Gasteiger partial charge is 0.489 e. The number of aromatic nitrogens is 1. The van der Waals surface area contributed by atoms with Gasteiger partial charge < -0.3 is 9.84 Å². The van der Waals surface area contributed by atoms with Crippen LogP contribution in [0.5, 0.6) is 5.75 Å². The first-order chi connectivity index (χ1) is 11.2. The van der Waals surface area contributed by atoms with Crippen molar-refractivity contribution in [2.24, 2.45) is 4.99 Å². The fourth-order valence-electron chi connectivity index (χ4n) is 2.32. The molecular weight excluding hydrogens is 296 g/mol. The topological polar surface area (TPSA) is 80.9 Å². The summed E-state index contributed by atoms with van der Waals surface area (Å²) in [4.78, 5) is 25.3. The molecule has 0 aliphatic rings. The first-order valence-corrected chi connectivity index (χ1v) is 6.82. The molecule has 0 aliphatic heterocycles. The lowest BCUT2D eigenvalue weighted by Crippen LogP contribution is -2.05.